The van der Waals surface area contributed by atoms with Crippen LogP contribution in [0.3, 0.4) is 0 Å². The minimum absolute atomic E-state index is 0.262. The Bertz CT molecular complexity index is 768. The second kappa shape index (κ2) is 4.69. The Morgan fingerprint density at radius 1 is 1.05 bits per heavy atom. The van der Waals surface area contributed by atoms with Crippen molar-refractivity contribution in [2.75, 3.05) is 4.90 Å². The number of fused-ring (bicyclic) bond motifs is 1. The molecule has 1 saturated carbocycles. The molecule has 2 aliphatic rings. The van der Waals surface area contributed by atoms with Crippen LogP contribution in [0, 0.1) is 0 Å². The molecule has 0 unspecified atom stereocenters. The zero-order valence-electron chi connectivity index (χ0n) is 12.2. The van der Waals surface area contributed by atoms with Crippen molar-refractivity contribution in [2.24, 2.45) is 21.5 Å². The molecular formula is C14H18N8. The highest BCUT2D eigenvalue weighted by Gasteiger charge is 2.42. The van der Waals surface area contributed by atoms with Gasteiger partial charge in [0.05, 0.1) is 0 Å². The summed E-state index contributed by atoms with van der Waals surface area (Å²) in [5.41, 5.74) is 14.2. The Balaban J connectivity index is 1.84. The number of rotatable bonds is 1. The minimum atomic E-state index is -0.425. The average Bonchev–Trinajstić information content (AvgIpc) is 2.94. The van der Waals surface area contributed by atoms with Gasteiger partial charge >= 0.3 is 0 Å². The molecule has 0 saturated heterocycles. The molecule has 0 atom stereocenters. The number of H-pyrrole nitrogens is 1. The van der Waals surface area contributed by atoms with E-state index in [4.69, 9.17) is 11.5 Å². The maximum atomic E-state index is 6.20. The summed E-state index contributed by atoms with van der Waals surface area (Å²) in [6.45, 7) is 0. The molecule has 4 rings (SSSR count). The van der Waals surface area contributed by atoms with Gasteiger partial charge < -0.3 is 11.5 Å². The molecule has 22 heavy (non-hydrogen) atoms. The van der Waals surface area contributed by atoms with Crippen LogP contribution in [0.15, 0.2) is 28.2 Å². The quantitative estimate of drug-likeness (QED) is 0.727. The van der Waals surface area contributed by atoms with E-state index in [-0.39, 0.29) is 5.96 Å². The molecule has 0 amide bonds. The van der Waals surface area contributed by atoms with Gasteiger partial charge in [0.1, 0.15) is 16.7 Å². The highest BCUT2D eigenvalue weighted by Crippen LogP contribution is 2.39. The molecule has 1 aliphatic carbocycles. The molecule has 1 aromatic heterocycles. The third kappa shape index (κ3) is 1.91. The summed E-state index contributed by atoms with van der Waals surface area (Å²) < 4.78 is 0. The molecule has 2 aromatic rings. The molecule has 0 radical (unpaired) electrons. The van der Waals surface area contributed by atoms with Crippen molar-refractivity contribution in [1.82, 2.24) is 15.4 Å². The Kier molecular flexibility index (Phi) is 2.78. The lowest BCUT2D eigenvalue weighted by Crippen LogP contribution is -2.58. The molecule has 1 spiro atoms. The number of aromatic nitrogens is 3. The first-order valence-corrected chi connectivity index (χ1v) is 7.48. The highest BCUT2D eigenvalue weighted by molar-refractivity contribution is 6.06. The van der Waals surface area contributed by atoms with Crippen molar-refractivity contribution in [2.45, 2.75) is 37.8 Å². The molecule has 1 fully saturated rings. The van der Waals surface area contributed by atoms with Crippen molar-refractivity contribution in [3.05, 3.63) is 18.2 Å². The number of hydrogen-bond donors (Lipinski definition) is 3. The lowest BCUT2D eigenvalue weighted by atomic mass is 9.87. The van der Waals surface area contributed by atoms with Gasteiger partial charge in [-0.2, -0.15) is 20.4 Å². The number of hydrogen-bond acceptors (Lipinski definition) is 7. The van der Waals surface area contributed by atoms with Crippen LogP contribution >= 0.6 is 0 Å². The van der Waals surface area contributed by atoms with Crippen LogP contribution in [0.25, 0.3) is 11.0 Å². The lowest BCUT2D eigenvalue weighted by Gasteiger charge is -2.45. The maximum absolute atomic E-state index is 6.20. The number of benzene rings is 1. The van der Waals surface area contributed by atoms with Crippen LogP contribution in [-0.2, 0) is 0 Å². The van der Waals surface area contributed by atoms with Crippen LogP contribution in [0.5, 0.6) is 0 Å². The fourth-order valence-corrected chi connectivity index (χ4v) is 3.46. The number of nitrogens with zero attached hydrogens (tertiary/aromatic N) is 5. The van der Waals surface area contributed by atoms with Crippen molar-refractivity contribution in [3.8, 4) is 0 Å². The number of aliphatic imine (C=N–C) groups is 2. The first-order valence-electron chi connectivity index (χ1n) is 7.48. The SMILES string of the molecule is NC1=NC2(CCCCC2)N(c2ccc3n[nH]nc3c2)C(N)=N1. The maximum Gasteiger partial charge on any atom is 0.220 e. The van der Waals surface area contributed by atoms with E-state index >= 15 is 0 Å². The minimum Gasteiger partial charge on any atom is -0.369 e. The monoisotopic (exact) mass is 298 g/mol. The van der Waals surface area contributed by atoms with Crippen molar-refractivity contribution in [3.63, 3.8) is 0 Å². The Hall–Kier alpha value is -2.64. The summed E-state index contributed by atoms with van der Waals surface area (Å²) >= 11 is 0. The zero-order chi connectivity index (χ0) is 15.2. The third-order valence-corrected chi connectivity index (χ3v) is 4.41. The molecule has 1 aliphatic heterocycles. The smallest absolute Gasteiger partial charge is 0.220 e. The molecule has 114 valence electrons. The second-order valence-electron chi connectivity index (χ2n) is 5.82. The van der Waals surface area contributed by atoms with E-state index in [0.717, 1.165) is 42.4 Å². The first kappa shape index (κ1) is 13.1. The van der Waals surface area contributed by atoms with Crippen molar-refractivity contribution >= 4 is 28.6 Å². The molecule has 8 nitrogen and oxygen atoms in total. The number of nitrogens with one attached hydrogen (secondary N) is 1. The molecule has 5 N–H and O–H groups in total. The zero-order valence-corrected chi connectivity index (χ0v) is 12.2. The average molecular weight is 298 g/mol. The Labute approximate surface area is 127 Å². The summed E-state index contributed by atoms with van der Waals surface area (Å²) in [7, 11) is 0. The van der Waals surface area contributed by atoms with Gasteiger partial charge in [0.25, 0.3) is 0 Å². The van der Waals surface area contributed by atoms with Gasteiger partial charge in [-0.25, -0.2) is 4.99 Å². The van der Waals surface area contributed by atoms with Gasteiger partial charge in [0, 0.05) is 5.69 Å². The van der Waals surface area contributed by atoms with Gasteiger partial charge in [-0.05, 0) is 43.9 Å². The molecule has 8 heteroatoms. The van der Waals surface area contributed by atoms with Gasteiger partial charge in [-0.1, -0.05) is 6.42 Å². The van der Waals surface area contributed by atoms with E-state index in [2.05, 4.69) is 25.4 Å². The van der Waals surface area contributed by atoms with Gasteiger partial charge in [-0.3, -0.25) is 4.90 Å². The van der Waals surface area contributed by atoms with Gasteiger partial charge in [-0.15, -0.1) is 0 Å². The van der Waals surface area contributed by atoms with E-state index in [1.807, 2.05) is 23.1 Å². The van der Waals surface area contributed by atoms with Crippen molar-refractivity contribution < 1.29 is 0 Å². The molecule has 1 aromatic carbocycles. The largest absolute Gasteiger partial charge is 0.369 e. The van der Waals surface area contributed by atoms with Gasteiger partial charge in [0.2, 0.25) is 11.9 Å². The van der Waals surface area contributed by atoms with E-state index in [1.165, 1.54) is 6.42 Å². The third-order valence-electron chi connectivity index (χ3n) is 4.41. The standard InChI is InChI=1S/C14H18N8/c15-12-17-13(16)22(14(18-12)6-2-1-3-7-14)9-4-5-10-11(8-9)20-21-19-10/h4-5,8H,1-3,6-7H2,(H,19,20,21)(H4,15,16,17,18). The van der Waals surface area contributed by atoms with Crippen LogP contribution in [0.2, 0.25) is 0 Å². The summed E-state index contributed by atoms with van der Waals surface area (Å²) in [5.74, 6) is 0.649. The van der Waals surface area contributed by atoms with Crippen LogP contribution in [0.1, 0.15) is 32.1 Å². The Morgan fingerprint density at radius 3 is 2.64 bits per heavy atom. The number of guanidine groups is 2. The summed E-state index contributed by atoms with van der Waals surface area (Å²) in [5, 5.41) is 10.8. The van der Waals surface area contributed by atoms with Crippen LogP contribution in [0.4, 0.5) is 5.69 Å². The lowest BCUT2D eigenvalue weighted by molar-refractivity contribution is 0.305. The van der Waals surface area contributed by atoms with Crippen molar-refractivity contribution in [1.29, 1.82) is 0 Å². The molecular weight excluding hydrogens is 280 g/mol. The van der Waals surface area contributed by atoms with E-state index in [9.17, 15) is 0 Å². The van der Waals surface area contributed by atoms with E-state index in [1.54, 1.807) is 0 Å². The van der Waals surface area contributed by atoms with Crippen LogP contribution < -0.4 is 16.4 Å². The molecule has 2 heterocycles. The van der Waals surface area contributed by atoms with Crippen LogP contribution in [-0.4, -0.2) is 33.0 Å². The van der Waals surface area contributed by atoms with Gasteiger partial charge in [0.15, 0.2) is 0 Å². The summed E-state index contributed by atoms with van der Waals surface area (Å²) in [6.07, 6.45) is 5.26. The normalized spacial score (nSPS) is 21.0. The number of nitrogens with two attached hydrogens (primary N) is 2. The molecule has 0 bridgehead atoms. The predicted octanol–water partition coefficient (Wildman–Crippen LogP) is 1.07. The summed E-state index contributed by atoms with van der Waals surface area (Å²) in [4.78, 5) is 10.8. The highest BCUT2D eigenvalue weighted by atomic mass is 15.4. The number of aromatic amines is 1. The number of anilines is 1. The Morgan fingerprint density at radius 2 is 1.82 bits per heavy atom. The second-order valence-corrected chi connectivity index (χ2v) is 5.82. The topological polar surface area (TPSA) is 122 Å². The fourth-order valence-electron chi connectivity index (χ4n) is 3.46. The first-order chi connectivity index (χ1) is 10.7. The fraction of sp³-hybridized carbons (Fsp3) is 0.429. The van der Waals surface area contributed by atoms with E-state index < -0.39 is 5.66 Å². The predicted molar refractivity (Wildman–Crippen MR) is 85.4 cm³/mol. The van der Waals surface area contributed by atoms with E-state index in [0.29, 0.717) is 5.96 Å². The summed E-state index contributed by atoms with van der Waals surface area (Å²) in [6, 6.07) is 5.84.